The van der Waals surface area contributed by atoms with Crippen LogP contribution < -0.4 is 10.6 Å². The van der Waals surface area contributed by atoms with Crippen molar-refractivity contribution >= 4 is 11.9 Å². The Kier molecular flexibility index (Phi) is 4.34. The van der Waals surface area contributed by atoms with E-state index in [0.29, 0.717) is 24.7 Å². The Balaban J connectivity index is 2.09. The Labute approximate surface area is 117 Å². The molecule has 2 N–H and O–H groups in total. The minimum Gasteiger partial charge on any atom is -0.383 e. The molecule has 0 aromatic heterocycles. The first kappa shape index (κ1) is 14.5. The number of hydrogen-bond acceptors (Lipinski definition) is 3. The summed E-state index contributed by atoms with van der Waals surface area (Å²) in [4.78, 5) is 16.2. The molecule has 6 heteroatoms. The Hall–Kier alpha value is -1.95. The molecule has 1 aliphatic rings. The van der Waals surface area contributed by atoms with Gasteiger partial charge in [0.1, 0.15) is 11.4 Å². The van der Waals surface area contributed by atoms with Crippen molar-refractivity contribution in [2.24, 2.45) is 4.99 Å². The molecule has 1 saturated heterocycles. The van der Waals surface area contributed by atoms with Gasteiger partial charge in [0, 0.05) is 13.5 Å². The number of amides is 1. The van der Waals surface area contributed by atoms with Crippen LogP contribution in [0.2, 0.25) is 0 Å². The summed E-state index contributed by atoms with van der Waals surface area (Å²) < 4.78 is 18.6. The van der Waals surface area contributed by atoms with Crippen LogP contribution in [0.25, 0.3) is 0 Å². The number of carbonyl (C=O) groups excluding carboxylic acids is 1. The maximum Gasteiger partial charge on any atom is 0.252 e. The summed E-state index contributed by atoms with van der Waals surface area (Å²) in [6.45, 7) is 2.66. The maximum absolute atomic E-state index is 13.7. The summed E-state index contributed by atoms with van der Waals surface area (Å²) in [5.41, 5.74) is -0.399. The molecule has 5 nitrogen and oxygen atoms in total. The van der Waals surface area contributed by atoms with Gasteiger partial charge >= 0.3 is 0 Å². The molecule has 1 amide bonds. The van der Waals surface area contributed by atoms with Gasteiger partial charge in [0.05, 0.1) is 13.2 Å². The second-order valence-electron chi connectivity index (χ2n) is 4.90. The molecule has 1 heterocycles. The van der Waals surface area contributed by atoms with Crippen LogP contribution >= 0.6 is 0 Å². The van der Waals surface area contributed by atoms with Crippen molar-refractivity contribution in [2.75, 3.05) is 20.3 Å². The summed E-state index contributed by atoms with van der Waals surface area (Å²) >= 11 is 0. The molecule has 1 aliphatic heterocycles. The highest BCUT2D eigenvalue weighted by molar-refractivity contribution is 6.08. The van der Waals surface area contributed by atoms with E-state index in [1.165, 1.54) is 6.07 Å². The molecule has 0 spiro atoms. The number of methoxy groups -OCH3 is 1. The zero-order valence-corrected chi connectivity index (χ0v) is 11.6. The molecule has 1 fully saturated rings. The normalized spacial score (nSPS) is 23.8. The zero-order valence-electron chi connectivity index (χ0n) is 11.6. The Morgan fingerprint density at radius 2 is 2.15 bits per heavy atom. The molecule has 20 heavy (non-hydrogen) atoms. The fraction of sp³-hybridized carbons (Fsp3) is 0.429. The highest BCUT2D eigenvalue weighted by Crippen LogP contribution is 2.19. The van der Waals surface area contributed by atoms with E-state index in [9.17, 15) is 9.18 Å². The molecule has 1 unspecified atom stereocenters. The molecule has 0 aliphatic carbocycles. The molecule has 0 saturated carbocycles. The van der Waals surface area contributed by atoms with Crippen LogP contribution in [0.4, 0.5) is 4.39 Å². The van der Waals surface area contributed by atoms with Gasteiger partial charge in [-0.3, -0.25) is 15.1 Å². The van der Waals surface area contributed by atoms with E-state index in [2.05, 4.69) is 15.6 Å². The molecule has 1 aromatic carbocycles. The van der Waals surface area contributed by atoms with Crippen molar-refractivity contribution in [2.45, 2.75) is 18.9 Å². The molecule has 0 bridgehead atoms. The van der Waals surface area contributed by atoms with Gasteiger partial charge in [-0.1, -0.05) is 18.2 Å². The third-order valence-corrected chi connectivity index (χ3v) is 3.19. The lowest BCUT2D eigenvalue weighted by molar-refractivity contribution is -0.123. The average molecular weight is 279 g/mol. The molecule has 108 valence electrons. The van der Waals surface area contributed by atoms with E-state index in [0.717, 1.165) is 0 Å². The van der Waals surface area contributed by atoms with E-state index in [1.54, 1.807) is 32.2 Å². The minimum absolute atomic E-state index is 0.211. The van der Waals surface area contributed by atoms with Crippen molar-refractivity contribution in [3.63, 3.8) is 0 Å². The predicted molar refractivity (Wildman–Crippen MR) is 74.0 cm³/mol. The number of guanidine groups is 1. The molecular weight excluding hydrogens is 261 g/mol. The first-order chi connectivity index (χ1) is 9.55. The topological polar surface area (TPSA) is 62.7 Å². The van der Waals surface area contributed by atoms with E-state index < -0.39 is 5.54 Å². The summed E-state index contributed by atoms with van der Waals surface area (Å²) in [5.74, 6) is -0.115. The number of carbonyl (C=O) groups is 1. The van der Waals surface area contributed by atoms with Crippen LogP contribution in [0, 0.1) is 5.82 Å². The Bertz CT molecular complexity index is 533. The SMILES string of the molecule is COCCN=C1NC(=O)C(C)(Cc2ccccc2F)N1. The quantitative estimate of drug-likeness (QED) is 0.785. The Morgan fingerprint density at radius 3 is 2.85 bits per heavy atom. The monoisotopic (exact) mass is 279 g/mol. The lowest BCUT2D eigenvalue weighted by Gasteiger charge is -2.21. The van der Waals surface area contributed by atoms with Gasteiger partial charge in [0.25, 0.3) is 5.91 Å². The number of benzene rings is 1. The maximum atomic E-state index is 13.7. The number of rotatable bonds is 5. The number of halogens is 1. The van der Waals surface area contributed by atoms with Gasteiger partial charge in [-0.15, -0.1) is 0 Å². The van der Waals surface area contributed by atoms with Crippen molar-refractivity contribution in [3.8, 4) is 0 Å². The molecule has 2 rings (SSSR count). The van der Waals surface area contributed by atoms with Crippen LogP contribution in [0.1, 0.15) is 12.5 Å². The van der Waals surface area contributed by atoms with Gasteiger partial charge < -0.3 is 10.1 Å². The molecule has 1 aromatic rings. The lowest BCUT2D eigenvalue weighted by atomic mass is 9.93. The van der Waals surface area contributed by atoms with E-state index in [1.807, 2.05) is 0 Å². The van der Waals surface area contributed by atoms with Crippen LogP contribution in [-0.4, -0.2) is 37.7 Å². The van der Waals surface area contributed by atoms with Crippen LogP contribution in [0.3, 0.4) is 0 Å². The highest BCUT2D eigenvalue weighted by atomic mass is 19.1. The highest BCUT2D eigenvalue weighted by Gasteiger charge is 2.41. The number of aliphatic imine (C=N–C) groups is 1. The largest absolute Gasteiger partial charge is 0.383 e. The Morgan fingerprint density at radius 1 is 1.40 bits per heavy atom. The van der Waals surface area contributed by atoms with E-state index >= 15 is 0 Å². The second kappa shape index (κ2) is 6.00. The van der Waals surface area contributed by atoms with Gasteiger partial charge in [0.2, 0.25) is 0 Å². The van der Waals surface area contributed by atoms with Crippen molar-refractivity contribution < 1.29 is 13.9 Å². The number of nitrogens with one attached hydrogen (secondary N) is 2. The molecule has 0 radical (unpaired) electrons. The van der Waals surface area contributed by atoms with Crippen LogP contribution in [-0.2, 0) is 16.0 Å². The predicted octanol–water partition coefficient (Wildman–Crippen LogP) is 0.849. The molecule has 1 atom stereocenters. The number of ether oxygens (including phenoxy) is 1. The summed E-state index contributed by atoms with van der Waals surface area (Å²) in [6, 6.07) is 6.44. The zero-order chi connectivity index (χ0) is 14.6. The summed E-state index contributed by atoms with van der Waals surface area (Å²) in [7, 11) is 1.59. The summed E-state index contributed by atoms with van der Waals surface area (Å²) in [6.07, 6.45) is 0.259. The van der Waals surface area contributed by atoms with E-state index in [4.69, 9.17) is 4.74 Å². The fourth-order valence-corrected chi connectivity index (χ4v) is 2.07. The number of nitrogens with zero attached hydrogens (tertiary/aromatic N) is 1. The van der Waals surface area contributed by atoms with Gasteiger partial charge in [-0.05, 0) is 18.6 Å². The third kappa shape index (κ3) is 3.14. The van der Waals surface area contributed by atoms with Gasteiger partial charge in [-0.25, -0.2) is 4.39 Å². The van der Waals surface area contributed by atoms with Crippen LogP contribution in [0.15, 0.2) is 29.3 Å². The first-order valence-corrected chi connectivity index (χ1v) is 6.41. The summed E-state index contributed by atoms with van der Waals surface area (Å²) in [5, 5.41) is 5.68. The average Bonchev–Trinajstić information content (AvgIpc) is 2.68. The van der Waals surface area contributed by atoms with Crippen LogP contribution in [0.5, 0.6) is 0 Å². The van der Waals surface area contributed by atoms with Gasteiger partial charge in [0.15, 0.2) is 5.96 Å². The lowest BCUT2D eigenvalue weighted by Crippen LogP contribution is -2.46. The standard InChI is InChI=1S/C14H18FN3O2/c1-14(9-10-5-3-4-6-11(10)15)12(19)17-13(18-14)16-7-8-20-2/h3-6H,7-9H2,1-2H3,(H2,16,17,18,19). The van der Waals surface area contributed by atoms with Crippen molar-refractivity contribution in [1.82, 2.24) is 10.6 Å². The van der Waals surface area contributed by atoms with Crippen molar-refractivity contribution in [1.29, 1.82) is 0 Å². The number of hydrogen-bond donors (Lipinski definition) is 2. The molecular formula is C14H18FN3O2. The minimum atomic E-state index is -0.895. The second-order valence-corrected chi connectivity index (χ2v) is 4.90. The third-order valence-electron chi connectivity index (χ3n) is 3.19. The van der Waals surface area contributed by atoms with Gasteiger partial charge in [-0.2, -0.15) is 0 Å². The smallest absolute Gasteiger partial charge is 0.252 e. The first-order valence-electron chi connectivity index (χ1n) is 6.41. The van der Waals surface area contributed by atoms with E-state index in [-0.39, 0.29) is 18.1 Å². The van der Waals surface area contributed by atoms with Crippen molar-refractivity contribution in [3.05, 3.63) is 35.6 Å². The fourth-order valence-electron chi connectivity index (χ4n) is 2.07.